The molecule has 0 amide bonds. The van der Waals surface area contributed by atoms with Gasteiger partial charge in [-0.25, -0.2) is 19.6 Å². The zero-order chi connectivity index (χ0) is 12.5. The van der Waals surface area contributed by atoms with Crippen molar-refractivity contribution in [3.63, 3.8) is 0 Å². The molecule has 0 spiro atoms. The van der Waals surface area contributed by atoms with E-state index in [1.54, 1.807) is 18.1 Å². The maximum atomic E-state index is 5.29. The van der Waals surface area contributed by atoms with Gasteiger partial charge in [0, 0.05) is 7.11 Å². The monoisotopic (exact) mass is 262 g/mol. The first-order valence-corrected chi connectivity index (χ1v) is 5.65. The fourth-order valence-corrected chi connectivity index (χ4v) is 2.03. The van der Waals surface area contributed by atoms with Crippen molar-refractivity contribution in [1.82, 2.24) is 29.7 Å². The van der Waals surface area contributed by atoms with E-state index in [4.69, 9.17) is 17.0 Å². The van der Waals surface area contributed by atoms with Crippen LogP contribution >= 0.6 is 12.2 Å². The lowest BCUT2D eigenvalue weighted by molar-refractivity contribution is 0.181. The van der Waals surface area contributed by atoms with Crippen LogP contribution < -0.4 is 0 Å². The number of H-pyrrole nitrogens is 2. The first-order valence-electron chi connectivity index (χ1n) is 5.24. The molecule has 0 saturated carbocycles. The Labute approximate surface area is 107 Å². The third-order valence-electron chi connectivity index (χ3n) is 2.49. The molecule has 0 atom stereocenters. The van der Waals surface area contributed by atoms with Gasteiger partial charge in [-0.2, -0.15) is 0 Å². The zero-order valence-corrected chi connectivity index (χ0v) is 10.4. The molecule has 0 saturated heterocycles. The number of aromatic amines is 2. The van der Waals surface area contributed by atoms with Crippen molar-refractivity contribution in [2.24, 2.45) is 0 Å². The van der Waals surface area contributed by atoms with Crippen molar-refractivity contribution in [3.05, 3.63) is 29.1 Å². The molecule has 0 radical (unpaired) electrons. The molecule has 3 rings (SSSR count). The molecule has 0 aliphatic heterocycles. The largest absolute Gasteiger partial charge is 0.378 e. The SMILES string of the molecule is COCc1cc(=S)n(-c2ncnc3nc[nH]c23)[nH]1. The quantitative estimate of drug-likeness (QED) is 0.696. The van der Waals surface area contributed by atoms with E-state index in [-0.39, 0.29) is 0 Å². The van der Waals surface area contributed by atoms with Crippen LogP contribution in [0.4, 0.5) is 0 Å². The van der Waals surface area contributed by atoms with Gasteiger partial charge in [-0.3, -0.25) is 5.10 Å². The highest BCUT2D eigenvalue weighted by Gasteiger charge is 2.10. The van der Waals surface area contributed by atoms with E-state index in [1.165, 1.54) is 6.33 Å². The highest BCUT2D eigenvalue weighted by atomic mass is 32.1. The van der Waals surface area contributed by atoms with Crippen LogP contribution in [0.3, 0.4) is 0 Å². The van der Waals surface area contributed by atoms with Crippen LogP contribution in [0, 0.1) is 4.64 Å². The first kappa shape index (κ1) is 11.1. The van der Waals surface area contributed by atoms with Gasteiger partial charge in [0.05, 0.1) is 18.6 Å². The summed E-state index contributed by atoms with van der Waals surface area (Å²) in [4.78, 5) is 15.4. The number of hydrogen-bond acceptors (Lipinski definition) is 5. The molecule has 0 aromatic carbocycles. The Bertz CT molecular complexity index is 742. The molecule has 0 aliphatic carbocycles. The summed E-state index contributed by atoms with van der Waals surface area (Å²) < 4.78 is 7.38. The lowest BCUT2D eigenvalue weighted by Gasteiger charge is -2.02. The van der Waals surface area contributed by atoms with E-state index < -0.39 is 0 Å². The number of aromatic nitrogens is 6. The van der Waals surface area contributed by atoms with Gasteiger partial charge in [0.2, 0.25) is 0 Å². The Morgan fingerprint density at radius 2 is 2.28 bits per heavy atom. The second-order valence-corrected chi connectivity index (χ2v) is 4.10. The van der Waals surface area contributed by atoms with Gasteiger partial charge >= 0.3 is 0 Å². The predicted octanol–water partition coefficient (Wildman–Crippen LogP) is 1.35. The Balaban J connectivity index is 2.20. The Morgan fingerprint density at radius 3 is 3.11 bits per heavy atom. The van der Waals surface area contributed by atoms with Gasteiger partial charge < -0.3 is 9.72 Å². The molecular formula is C10H10N6OS. The highest BCUT2D eigenvalue weighted by Crippen LogP contribution is 2.15. The van der Waals surface area contributed by atoms with Crippen LogP contribution in [0.2, 0.25) is 0 Å². The van der Waals surface area contributed by atoms with Gasteiger partial charge in [0.25, 0.3) is 0 Å². The number of fused-ring (bicyclic) bond motifs is 1. The normalized spacial score (nSPS) is 11.2. The number of rotatable bonds is 3. The van der Waals surface area contributed by atoms with Crippen LogP contribution in [0.15, 0.2) is 18.7 Å². The summed E-state index contributed by atoms with van der Waals surface area (Å²) in [5.74, 6) is 0.643. The van der Waals surface area contributed by atoms with Gasteiger partial charge in [-0.15, -0.1) is 0 Å². The van der Waals surface area contributed by atoms with E-state index in [1.807, 2.05) is 6.07 Å². The summed E-state index contributed by atoms with van der Waals surface area (Å²) in [6.07, 6.45) is 3.03. The molecule has 3 heterocycles. The number of nitrogens with zero attached hydrogens (tertiary/aromatic N) is 4. The number of nitrogens with one attached hydrogen (secondary N) is 2. The van der Waals surface area contributed by atoms with E-state index in [9.17, 15) is 0 Å². The first-order chi connectivity index (χ1) is 8.79. The highest BCUT2D eigenvalue weighted by molar-refractivity contribution is 7.71. The van der Waals surface area contributed by atoms with Crippen molar-refractivity contribution in [2.75, 3.05) is 7.11 Å². The smallest absolute Gasteiger partial charge is 0.182 e. The minimum atomic E-state index is 0.466. The van der Waals surface area contributed by atoms with Gasteiger partial charge in [0.1, 0.15) is 16.5 Å². The molecule has 3 aromatic rings. The molecule has 3 aromatic heterocycles. The maximum Gasteiger partial charge on any atom is 0.182 e. The third kappa shape index (κ3) is 1.71. The number of imidazole rings is 1. The van der Waals surface area contributed by atoms with Crippen LogP contribution in [0.5, 0.6) is 0 Å². The lowest BCUT2D eigenvalue weighted by atomic mass is 10.5. The summed E-state index contributed by atoms with van der Waals surface area (Å²) in [5.41, 5.74) is 2.22. The van der Waals surface area contributed by atoms with E-state index in [0.717, 1.165) is 11.2 Å². The fourth-order valence-electron chi connectivity index (χ4n) is 1.75. The summed E-state index contributed by atoms with van der Waals surface area (Å²) in [6.45, 7) is 0.466. The molecule has 8 heteroatoms. The van der Waals surface area contributed by atoms with Crippen LogP contribution in [-0.4, -0.2) is 36.8 Å². The summed E-state index contributed by atoms with van der Waals surface area (Å²) in [6, 6.07) is 1.84. The van der Waals surface area contributed by atoms with Crippen LogP contribution in [0.25, 0.3) is 17.0 Å². The van der Waals surface area contributed by atoms with Crippen molar-refractivity contribution >= 4 is 23.4 Å². The molecule has 2 N–H and O–H groups in total. The molecule has 0 bridgehead atoms. The summed E-state index contributed by atoms with van der Waals surface area (Å²) in [5, 5.41) is 3.13. The van der Waals surface area contributed by atoms with Crippen LogP contribution in [0.1, 0.15) is 5.69 Å². The fraction of sp³-hybridized carbons (Fsp3) is 0.200. The number of methoxy groups -OCH3 is 1. The van der Waals surface area contributed by atoms with Crippen molar-refractivity contribution in [1.29, 1.82) is 0 Å². The second kappa shape index (κ2) is 4.31. The molecule has 0 aliphatic rings. The molecule has 0 fully saturated rings. The Kier molecular flexibility index (Phi) is 2.65. The topological polar surface area (TPSA) is 84.4 Å². The van der Waals surface area contributed by atoms with Gasteiger partial charge in [-0.1, -0.05) is 12.2 Å². The predicted molar refractivity (Wildman–Crippen MR) is 66.9 cm³/mol. The minimum Gasteiger partial charge on any atom is -0.378 e. The number of hydrogen-bond donors (Lipinski definition) is 2. The average Bonchev–Trinajstić information content (AvgIpc) is 2.95. The van der Waals surface area contributed by atoms with Gasteiger partial charge in [-0.05, 0) is 6.07 Å². The van der Waals surface area contributed by atoms with Crippen molar-refractivity contribution in [3.8, 4) is 5.82 Å². The summed E-state index contributed by atoms with van der Waals surface area (Å²) in [7, 11) is 1.63. The van der Waals surface area contributed by atoms with Crippen molar-refractivity contribution in [2.45, 2.75) is 6.61 Å². The zero-order valence-electron chi connectivity index (χ0n) is 9.54. The number of ether oxygens (including phenoxy) is 1. The molecular weight excluding hydrogens is 252 g/mol. The molecule has 18 heavy (non-hydrogen) atoms. The molecule has 92 valence electrons. The molecule has 7 nitrogen and oxygen atoms in total. The average molecular weight is 262 g/mol. The maximum absolute atomic E-state index is 5.29. The Hall–Kier alpha value is -2.06. The van der Waals surface area contributed by atoms with E-state index in [0.29, 0.717) is 22.7 Å². The Morgan fingerprint density at radius 1 is 1.39 bits per heavy atom. The summed E-state index contributed by atoms with van der Waals surface area (Å²) >= 11 is 5.29. The van der Waals surface area contributed by atoms with Crippen molar-refractivity contribution < 1.29 is 4.74 Å². The van der Waals surface area contributed by atoms with Crippen LogP contribution in [-0.2, 0) is 11.3 Å². The standard InChI is InChI=1S/C10H10N6OS/c1-17-3-6-2-7(18)16(15-6)10-8-9(12-4-11-8)13-5-14-10/h2,4-5,15H,3H2,1H3,(H,11,12,13,14). The van der Waals surface area contributed by atoms with Gasteiger partial charge in [0.15, 0.2) is 11.5 Å². The van der Waals surface area contributed by atoms with E-state index >= 15 is 0 Å². The minimum absolute atomic E-state index is 0.466. The lowest BCUT2D eigenvalue weighted by Crippen LogP contribution is -2.02. The third-order valence-corrected chi connectivity index (χ3v) is 2.79. The van der Waals surface area contributed by atoms with E-state index in [2.05, 4.69) is 25.0 Å². The second-order valence-electron chi connectivity index (χ2n) is 3.69. The molecule has 0 unspecified atom stereocenters.